The van der Waals surface area contributed by atoms with Gasteiger partial charge in [-0.05, 0) is 62.8 Å². The number of sulfone groups is 1. The Morgan fingerprint density at radius 3 is 2.14 bits per heavy atom. The molecule has 1 aromatic carbocycles. The maximum atomic E-state index is 12.7. The second-order valence-corrected chi connectivity index (χ2v) is 8.33. The lowest BCUT2D eigenvalue weighted by Crippen LogP contribution is -2.41. The third-order valence-corrected chi connectivity index (χ3v) is 5.58. The minimum atomic E-state index is -3.21. The van der Waals surface area contributed by atoms with Gasteiger partial charge in [0.25, 0.3) is 5.91 Å². The fourth-order valence-electron chi connectivity index (χ4n) is 2.84. The van der Waals surface area contributed by atoms with E-state index in [1.807, 2.05) is 4.90 Å². The number of rotatable bonds is 5. The van der Waals surface area contributed by atoms with Gasteiger partial charge in [-0.1, -0.05) is 0 Å². The minimum absolute atomic E-state index is 0.0388. The fourth-order valence-corrected chi connectivity index (χ4v) is 3.47. The molecule has 0 aliphatic heterocycles. The van der Waals surface area contributed by atoms with Crippen molar-refractivity contribution in [3.63, 3.8) is 0 Å². The van der Waals surface area contributed by atoms with Gasteiger partial charge in [0, 0.05) is 23.9 Å². The SMILES string of the molecule is C[C@H](C1CC1)N(C(=O)c1ccc(S(C)(=O)=O)cc1)C1CC1. The summed E-state index contributed by atoms with van der Waals surface area (Å²) in [6.07, 6.45) is 5.78. The molecule has 0 saturated heterocycles. The molecule has 0 spiro atoms. The first-order valence-electron chi connectivity index (χ1n) is 7.50. The van der Waals surface area contributed by atoms with Crippen LogP contribution in [0.5, 0.6) is 0 Å². The zero-order chi connectivity index (χ0) is 15.2. The first kappa shape index (κ1) is 14.6. The molecule has 2 aliphatic carbocycles. The van der Waals surface area contributed by atoms with Crippen LogP contribution >= 0.6 is 0 Å². The van der Waals surface area contributed by atoms with Crippen molar-refractivity contribution in [1.29, 1.82) is 0 Å². The molecule has 0 unspecified atom stereocenters. The van der Waals surface area contributed by atoms with Crippen molar-refractivity contribution in [2.45, 2.75) is 49.6 Å². The Morgan fingerprint density at radius 1 is 1.14 bits per heavy atom. The molecule has 5 heteroatoms. The molecule has 3 rings (SSSR count). The minimum Gasteiger partial charge on any atom is -0.333 e. The molecule has 0 N–H and O–H groups in total. The van der Waals surface area contributed by atoms with Crippen LogP contribution in [0.2, 0.25) is 0 Å². The van der Waals surface area contributed by atoms with Gasteiger partial charge in [-0.2, -0.15) is 0 Å². The highest BCUT2D eigenvalue weighted by Crippen LogP contribution is 2.40. The summed E-state index contributed by atoms with van der Waals surface area (Å²) < 4.78 is 23.0. The lowest BCUT2D eigenvalue weighted by atomic mass is 10.1. The summed E-state index contributed by atoms with van der Waals surface area (Å²) in [5.41, 5.74) is 0.585. The highest BCUT2D eigenvalue weighted by Gasteiger charge is 2.41. The molecule has 1 atom stereocenters. The van der Waals surface area contributed by atoms with E-state index in [2.05, 4.69) is 6.92 Å². The third kappa shape index (κ3) is 3.12. The van der Waals surface area contributed by atoms with E-state index < -0.39 is 9.84 Å². The van der Waals surface area contributed by atoms with Crippen LogP contribution in [0.3, 0.4) is 0 Å². The maximum absolute atomic E-state index is 12.7. The second-order valence-electron chi connectivity index (χ2n) is 6.32. The van der Waals surface area contributed by atoms with E-state index in [1.54, 1.807) is 12.1 Å². The predicted octanol–water partition coefficient (Wildman–Crippen LogP) is 2.49. The lowest BCUT2D eigenvalue weighted by molar-refractivity contribution is 0.0654. The van der Waals surface area contributed by atoms with Gasteiger partial charge in [0.2, 0.25) is 0 Å². The summed E-state index contributed by atoms with van der Waals surface area (Å²) in [6, 6.07) is 6.98. The molecular formula is C16H21NO3S. The van der Waals surface area contributed by atoms with E-state index in [9.17, 15) is 13.2 Å². The van der Waals surface area contributed by atoms with Gasteiger partial charge >= 0.3 is 0 Å². The Bertz CT molecular complexity index is 643. The van der Waals surface area contributed by atoms with Crippen molar-refractivity contribution in [3.05, 3.63) is 29.8 Å². The standard InChI is InChI=1S/C16H21NO3S/c1-11(12-3-4-12)17(14-7-8-14)16(18)13-5-9-15(10-6-13)21(2,19)20/h5-6,9-12,14H,3-4,7-8H2,1-2H3/t11-/m1/s1. The van der Waals surface area contributed by atoms with Gasteiger partial charge in [-0.25, -0.2) is 8.42 Å². The zero-order valence-electron chi connectivity index (χ0n) is 12.5. The van der Waals surface area contributed by atoms with E-state index in [-0.39, 0.29) is 10.8 Å². The molecule has 1 aromatic rings. The van der Waals surface area contributed by atoms with Gasteiger partial charge in [0.05, 0.1) is 4.90 Å². The monoisotopic (exact) mass is 307 g/mol. The van der Waals surface area contributed by atoms with Crippen LogP contribution in [0, 0.1) is 5.92 Å². The third-order valence-electron chi connectivity index (χ3n) is 4.45. The molecule has 2 aliphatic rings. The van der Waals surface area contributed by atoms with Crippen molar-refractivity contribution in [2.24, 2.45) is 5.92 Å². The molecule has 1 amide bonds. The van der Waals surface area contributed by atoms with Gasteiger partial charge in [-0.15, -0.1) is 0 Å². The zero-order valence-corrected chi connectivity index (χ0v) is 13.3. The molecule has 0 radical (unpaired) electrons. The van der Waals surface area contributed by atoms with Crippen molar-refractivity contribution in [3.8, 4) is 0 Å². The van der Waals surface area contributed by atoms with E-state index in [0.29, 0.717) is 23.6 Å². The fraction of sp³-hybridized carbons (Fsp3) is 0.562. The van der Waals surface area contributed by atoms with E-state index in [4.69, 9.17) is 0 Å². The summed E-state index contributed by atoms with van der Waals surface area (Å²) >= 11 is 0. The topological polar surface area (TPSA) is 54.5 Å². The van der Waals surface area contributed by atoms with Gasteiger partial charge < -0.3 is 4.90 Å². The Kier molecular flexibility index (Phi) is 3.56. The number of carbonyl (C=O) groups is 1. The number of hydrogen-bond acceptors (Lipinski definition) is 3. The number of benzene rings is 1. The summed E-state index contributed by atoms with van der Waals surface area (Å²) in [5.74, 6) is 0.682. The number of nitrogens with zero attached hydrogens (tertiary/aromatic N) is 1. The molecule has 0 bridgehead atoms. The Labute approximate surface area is 126 Å². The maximum Gasteiger partial charge on any atom is 0.254 e. The van der Waals surface area contributed by atoms with E-state index in [1.165, 1.54) is 31.2 Å². The van der Waals surface area contributed by atoms with E-state index >= 15 is 0 Å². The Balaban J connectivity index is 1.82. The highest BCUT2D eigenvalue weighted by atomic mass is 32.2. The average molecular weight is 307 g/mol. The quantitative estimate of drug-likeness (QED) is 0.840. The summed E-state index contributed by atoms with van der Waals surface area (Å²) in [5, 5.41) is 0. The number of hydrogen-bond donors (Lipinski definition) is 0. The molecule has 4 nitrogen and oxygen atoms in total. The van der Waals surface area contributed by atoms with Crippen LogP contribution in [0.25, 0.3) is 0 Å². The predicted molar refractivity (Wildman–Crippen MR) is 80.9 cm³/mol. The smallest absolute Gasteiger partial charge is 0.254 e. The number of carbonyl (C=O) groups excluding carboxylic acids is 1. The second kappa shape index (κ2) is 5.13. The Morgan fingerprint density at radius 2 is 1.71 bits per heavy atom. The van der Waals surface area contributed by atoms with Crippen molar-refractivity contribution in [1.82, 2.24) is 4.90 Å². The molecular weight excluding hydrogens is 286 g/mol. The first-order chi connectivity index (χ1) is 9.88. The largest absolute Gasteiger partial charge is 0.333 e. The van der Waals surface area contributed by atoms with Crippen molar-refractivity contribution in [2.75, 3.05) is 6.26 Å². The number of amides is 1. The van der Waals surface area contributed by atoms with Gasteiger partial charge in [-0.3, -0.25) is 4.79 Å². The molecule has 0 aromatic heterocycles. The van der Waals surface area contributed by atoms with E-state index in [0.717, 1.165) is 12.8 Å². The molecule has 2 saturated carbocycles. The molecule has 2 fully saturated rings. The average Bonchev–Trinajstić information content (AvgIpc) is 3.28. The summed E-state index contributed by atoms with van der Waals surface area (Å²) in [6.45, 7) is 2.14. The summed E-state index contributed by atoms with van der Waals surface area (Å²) in [7, 11) is -3.21. The normalized spacial score (nSPS) is 20.1. The first-order valence-corrected chi connectivity index (χ1v) is 9.40. The van der Waals surface area contributed by atoms with Crippen molar-refractivity contribution < 1.29 is 13.2 Å². The molecule has 0 heterocycles. The van der Waals surface area contributed by atoms with Gasteiger partial charge in [0.15, 0.2) is 9.84 Å². The van der Waals surface area contributed by atoms with Crippen LogP contribution in [-0.2, 0) is 9.84 Å². The molecule has 21 heavy (non-hydrogen) atoms. The van der Waals surface area contributed by atoms with Crippen molar-refractivity contribution >= 4 is 15.7 Å². The summed E-state index contributed by atoms with van der Waals surface area (Å²) in [4.78, 5) is 15.0. The molecule has 114 valence electrons. The van der Waals surface area contributed by atoms with Crippen LogP contribution < -0.4 is 0 Å². The Hall–Kier alpha value is -1.36. The van der Waals surface area contributed by atoms with Crippen LogP contribution in [0.15, 0.2) is 29.2 Å². The van der Waals surface area contributed by atoms with Crippen LogP contribution in [-0.4, -0.2) is 37.6 Å². The lowest BCUT2D eigenvalue weighted by Gasteiger charge is -2.29. The van der Waals surface area contributed by atoms with Gasteiger partial charge in [0.1, 0.15) is 0 Å². The highest BCUT2D eigenvalue weighted by molar-refractivity contribution is 7.90. The van der Waals surface area contributed by atoms with Crippen LogP contribution in [0.1, 0.15) is 43.0 Å². The van der Waals surface area contributed by atoms with Crippen LogP contribution in [0.4, 0.5) is 0 Å².